The molecule has 0 bridgehead atoms. The Kier molecular flexibility index (Phi) is 3.48. The second-order valence-corrected chi connectivity index (χ2v) is 5.26. The van der Waals surface area contributed by atoms with Crippen molar-refractivity contribution in [2.75, 3.05) is 19.6 Å². The van der Waals surface area contributed by atoms with E-state index in [1.807, 2.05) is 12.1 Å². The lowest BCUT2D eigenvalue weighted by Crippen LogP contribution is -2.34. The van der Waals surface area contributed by atoms with E-state index in [0.717, 1.165) is 30.1 Å². The molecule has 1 saturated heterocycles. The second-order valence-electron chi connectivity index (χ2n) is 5.26. The summed E-state index contributed by atoms with van der Waals surface area (Å²) in [6.45, 7) is 6.18. The molecular weight excluding hydrogens is 238 g/mol. The molecule has 0 saturated carbocycles. The summed E-state index contributed by atoms with van der Waals surface area (Å²) in [6.07, 6.45) is 4.52. The number of likely N-dealkylation sites (tertiary alicyclic amines) is 1. The molecule has 2 N–H and O–H groups in total. The number of hydrogen-bond donors (Lipinski definition) is 1. The summed E-state index contributed by atoms with van der Waals surface area (Å²) in [5.41, 5.74) is 7.76. The van der Waals surface area contributed by atoms with Gasteiger partial charge in [-0.2, -0.15) is 0 Å². The molecule has 0 aliphatic carbocycles. The minimum Gasteiger partial charge on any atom is -0.326 e. The molecule has 3 heterocycles. The third-order valence-corrected chi connectivity index (χ3v) is 4.04. The van der Waals surface area contributed by atoms with Gasteiger partial charge in [0.15, 0.2) is 5.65 Å². The first-order valence-corrected chi connectivity index (χ1v) is 7.07. The monoisotopic (exact) mass is 259 g/mol. The van der Waals surface area contributed by atoms with Crippen LogP contribution in [0.5, 0.6) is 0 Å². The SMILES string of the molecule is CCN1CCCC(c2nnc3ccc(CN)cn23)C1. The zero-order valence-corrected chi connectivity index (χ0v) is 11.4. The average molecular weight is 259 g/mol. The van der Waals surface area contributed by atoms with Crippen LogP contribution in [0.15, 0.2) is 18.3 Å². The molecule has 1 atom stereocenters. The average Bonchev–Trinajstić information content (AvgIpc) is 2.90. The van der Waals surface area contributed by atoms with Crippen LogP contribution in [0.1, 0.15) is 37.1 Å². The highest BCUT2D eigenvalue weighted by atomic mass is 15.3. The van der Waals surface area contributed by atoms with Gasteiger partial charge < -0.3 is 10.6 Å². The fourth-order valence-corrected chi connectivity index (χ4v) is 2.91. The Morgan fingerprint density at radius 2 is 2.26 bits per heavy atom. The maximum Gasteiger partial charge on any atom is 0.160 e. The van der Waals surface area contributed by atoms with E-state index in [1.165, 1.54) is 19.4 Å². The van der Waals surface area contributed by atoms with E-state index in [1.54, 1.807) is 0 Å². The van der Waals surface area contributed by atoms with Crippen LogP contribution in [0.25, 0.3) is 5.65 Å². The number of likely N-dealkylation sites (N-methyl/N-ethyl adjacent to an activating group) is 1. The molecular formula is C14H21N5. The Labute approximate surface area is 113 Å². The Hall–Kier alpha value is -1.46. The Bertz CT molecular complexity index is 562. The van der Waals surface area contributed by atoms with Crippen LogP contribution in [0.4, 0.5) is 0 Å². The maximum absolute atomic E-state index is 5.72. The summed E-state index contributed by atoms with van der Waals surface area (Å²) in [5.74, 6) is 1.57. The van der Waals surface area contributed by atoms with Crippen molar-refractivity contribution in [2.24, 2.45) is 5.73 Å². The highest BCUT2D eigenvalue weighted by Crippen LogP contribution is 2.26. The molecule has 5 heteroatoms. The molecule has 2 aromatic rings. The van der Waals surface area contributed by atoms with Crippen LogP contribution in [-0.4, -0.2) is 39.1 Å². The van der Waals surface area contributed by atoms with Crippen LogP contribution >= 0.6 is 0 Å². The number of nitrogens with zero attached hydrogens (tertiary/aromatic N) is 4. The molecule has 3 rings (SSSR count). The highest BCUT2D eigenvalue weighted by molar-refractivity contribution is 5.40. The first kappa shape index (κ1) is 12.6. The molecule has 1 unspecified atom stereocenters. The quantitative estimate of drug-likeness (QED) is 0.905. The van der Waals surface area contributed by atoms with E-state index in [4.69, 9.17) is 5.73 Å². The minimum atomic E-state index is 0.483. The number of rotatable bonds is 3. The minimum absolute atomic E-state index is 0.483. The normalized spacial score (nSPS) is 21.1. The molecule has 1 aliphatic rings. The molecule has 0 spiro atoms. The third kappa shape index (κ3) is 2.35. The molecule has 2 aromatic heterocycles. The first-order chi connectivity index (χ1) is 9.31. The van der Waals surface area contributed by atoms with Crippen LogP contribution in [-0.2, 0) is 6.54 Å². The summed E-state index contributed by atoms with van der Waals surface area (Å²) in [4.78, 5) is 2.49. The molecule has 1 fully saturated rings. The van der Waals surface area contributed by atoms with Gasteiger partial charge in [-0.25, -0.2) is 0 Å². The van der Waals surface area contributed by atoms with Crippen LogP contribution < -0.4 is 5.73 Å². The van der Waals surface area contributed by atoms with Crippen molar-refractivity contribution in [3.63, 3.8) is 0 Å². The largest absolute Gasteiger partial charge is 0.326 e. The number of fused-ring (bicyclic) bond motifs is 1. The number of pyridine rings is 1. The lowest BCUT2D eigenvalue weighted by molar-refractivity contribution is 0.213. The van der Waals surface area contributed by atoms with E-state index in [2.05, 4.69) is 32.6 Å². The van der Waals surface area contributed by atoms with Gasteiger partial charge >= 0.3 is 0 Å². The van der Waals surface area contributed by atoms with Crippen molar-refractivity contribution < 1.29 is 0 Å². The van der Waals surface area contributed by atoms with Gasteiger partial charge in [-0.1, -0.05) is 13.0 Å². The van der Waals surface area contributed by atoms with Crippen LogP contribution in [0.3, 0.4) is 0 Å². The summed E-state index contributed by atoms with van der Waals surface area (Å²) < 4.78 is 2.12. The number of nitrogens with two attached hydrogens (primary N) is 1. The molecule has 5 nitrogen and oxygen atoms in total. The summed E-state index contributed by atoms with van der Waals surface area (Å²) in [6, 6.07) is 4.02. The van der Waals surface area contributed by atoms with Gasteiger partial charge in [-0.05, 0) is 37.6 Å². The van der Waals surface area contributed by atoms with Gasteiger partial charge in [0.05, 0.1) is 0 Å². The lowest BCUT2D eigenvalue weighted by atomic mass is 9.97. The number of piperidine rings is 1. The molecule has 1 aliphatic heterocycles. The van der Waals surface area contributed by atoms with Crippen molar-refractivity contribution >= 4 is 5.65 Å². The van der Waals surface area contributed by atoms with Gasteiger partial charge in [0.2, 0.25) is 0 Å². The lowest BCUT2D eigenvalue weighted by Gasteiger charge is -2.30. The Balaban J connectivity index is 1.95. The Morgan fingerprint density at radius 1 is 1.37 bits per heavy atom. The number of hydrogen-bond acceptors (Lipinski definition) is 4. The van der Waals surface area contributed by atoms with Crippen LogP contribution in [0.2, 0.25) is 0 Å². The zero-order valence-electron chi connectivity index (χ0n) is 11.4. The fraction of sp³-hybridized carbons (Fsp3) is 0.571. The van der Waals surface area contributed by atoms with Crippen LogP contribution in [0, 0.1) is 0 Å². The van der Waals surface area contributed by atoms with E-state index in [-0.39, 0.29) is 0 Å². The van der Waals surface area contributed by atoms with Gasteiger partial charge in [0.1, 0.15) is 5.82 Å². The van der Waals surface area contributed by atoms with Crippen molar-refractivity contribution in [3.8, 4) is 0 Å². The number of aromatic nitrogens is 3. The predicted molar refractivity (Wildman–Crippen MR) is 75.0 cm³/mol. The van der Waals surface area contributed by atoms with E-state index in [9.17, 15) is 0 Å². The fourth-order valence-electron chi connectivity index (χ4n) is 2.91. The smallest absolute Gasteiger partial charge is 0.160 e. The maximum atomic E-state index is 5.72. The Morgan fingerprint density at radius 3 is 3.05 bits per heavy atom. The second kappa shape index (κ2) is 5.27. The first-order valence-electron chi connectivity index (χ1n) is 7.07. The standard InChI is InChI=1S/C14H21N5/c1-2-18-7-3-4-12(10-18)14-17-16-13-6-5-11(8-15)9-19(13)14/h5-6,9,12H,2-4,7-8,10,15H2,1H3. The van der Waals surface area contributed by atoms with Crippen molar-refractivity contribution in [3.05, 3.63) is 29.7 Å². The topological polar surface area (TPSA) is 59.5 Å². The zero-order chi connectivity index (χ0) is 13.2. The molecule has 0 aromatic carbocycles. The molecule has 0 radical (unpaired) electrons. The van der Waals surface area contributed by atoms with Gasteiger partial charge in [0, 0.05) is 25.2 Å². The van der Waals surface area contributed by atoms with Crippen molar-refractivity contribution in [2.45, 2.75) is 32.2 Å². The summed E-state index contributed by atoms with van der Waals surface area (Å²) in [7, 11) is 0. The van der Waals surface area contributed by atoms with Crippen molar-refractivity contribution in [1.82, 2.24) is 19.5 Å². The summed E-state index contributed by atoms with van der Waals surface area (Å²) >= 11 is 0. The molecule has 102 valence electrons. The van der Waals surface area contributed by atoms with Gasteiger partial charge in [0.25, 0.3) is 0 Å². The van der Waals surface area contributed by atoms with Gasteiger partial charge in [-0.3, -0.25) is 4.40 Å². The van der Waals surface area contributed by atoms with Crippen molar-refractivity contribution in [1.29, 1.82) is 0 Å². The summed E-state index contributed by atoms with van der Waals surface area (Å²) in [5, 5.41) is 8.68. The highest BCUT2D eigenvalue weighted by Gasteiger charge is 2.24. The predicted octanol–water partition coefficient (Wildman–Crippen LogP) is 1.39. The van der Waals surface area contributed by atoms with E-state index in [0.29, 0.717) is 12.5 Å². The van der Waals surface area contributed by atoms with E-state index < -0.39 is 0 Å². The van der Waals surface area contributed by atoms with Gasteiger partial charge in [-0.15, -0.1) is 10.2 Å². The molecule has 19 heavy (non-hydrogen) atoms. The molecule has 0 amide bonds. The third-order valence-electron chi connectivity index (χ3n) is 4.04. The van der Waals surface area contributed by atoms with E-state index >= 15 is 0 Å².